The highest BCUT2D eigenvalue weighted by molar-refractivity contribution is 5.89. The lowest BCUT2D eigenvalue weighted by atomic mass is 9.96. The van der Waals surface area contributed by atoms with Crippen LogP contribution in [0.1, 0.15) is 38.8 Å². The molecule has 0 radical (unpaired) electrons. The molecule has 1 aliphatic heterocycles. The molecule has 4 nitrogen and oxygen atoms in total. The Bertz CT molecular complexity index is 524. The molecule has 0 aliphatic carbocycles. The first-order chi connectivity index (χ1) is 10.0. The third-order valence-electron chi connectivity index (χ3n) is 4.05. The van der Waals surface area contributed by atoms with E-state index in [1.807, 2.05) is 18.2 Å². The highest BCUT2D eigenvalue weighted by Crippen LogP contribution is 2.30. The first kappa shape index (κ1) is 15.6. The average molecular weight is 289 g/mol. The van der Waals surface area contributed by atoms with Gasteiger partial charge in [0.15, 0.2) is 0 Å². The molecule has 0 saturated heterocycles. The number of aliphatic hydroxyl groups is 1. The lowest BCUT2D eigenvalue weighted by Crippen LogP contribution is -2.41. The van der Waals surface area contributed by atoms with Gasteiger partial charge in [-0.2, -0.15) is 0 Å². The number of rotatable bonds is 4. The van der Waals surface area contributed by atoms with Crippen LogP contribution in [0, 0.1) is 0 Å². The summed E-state index contributed by atoms with van der Waals surface area (Å²) in [5.41, 5.74) is 1.62. The summed E-state index contributed by atoms with van der Waals surface area (Å²) in [6, 6.07) is 10.5. The fourth-order valence-corrected chi connectivity index (χ4v) is 2.82. The van der Waals surface area contributed by atoms with Crippen LogP contribution in [0.5, 0.6) is 0 Å². The maximum absolute atomic E-state index is 11.8. The molecule has 2 atom stereocenters. The van der Waals surface area contributed by atoms with E-state index in [4.69, 9.17) is 4.74 Å². The Labute approximate surface area is 126 Å². The highest BCUT2D eigenvalue weighted by Gasteiger charge is 2.32. The zero-order valence-corrected chi connectivity index (χ0v) is 12.9. The van der Waals surface area contributed by atoms with Gasteiger partial charge in [-0.15, -0.1) is 0 Å². The van der Waals surface area contributed by atoms with Gasteiger partial charge in [-0.3, -0.25) is 4.90 Å². The predicted octanol–water partition coefficient (Wildman–Crippen LogP) is 3.22. The summed E-state index contributed by atoms with van der Waals surface area (Å²) in [6.45, 7) is 6.67. The van der Waals surface area contributed by atoms with Crippen molar-refractivity contribution < 1.29 is 14.6 Å². The van der Waals surface area contributed by atoms with Gasteiger partial charge in [0, 0.05) is 12.1 Å². The van der Waals surface area contributed by atoms with Gasteiger partial charge in [0.1, 0.15) is 5.76 Å². The third kappa shape index (κ3) is 3.45. The van der Waals surface area contributed by atoms with Crippen LogP contribution in [0.25, 0.3) is 0 Å². The fourth-order valence-electron chi connectivity index (χ4n) is 2.82. The Morgan fingerprint density at radius 1 is 1.43 bits per heavy atom. The largest absolute Gasteiger partial charge is 0.510 e. The summed E-state index contributed by atoms with van der Waals surface area (Å²) < 4.78 is 5.01. The number of hydrogen-bond donors (Lipinski definition) is 1. The van der Waals surface area contributed by atoms with Crippen molar-refractivity contribution in [1.82, 2.24) is 4.90 Å². The fraction of sp³-hybridized carbons (Fsp3) is 0.471. The molecular weight excluding hydrogens is 266 g/mol. The van der Waals surface area contributed by atoms with Crippen molar-refractivity contribution in [2.75, 3.05) is 13.2 Å². The Morgan fingerprint density at radius 3 is 2.71 bits per heavy atom. The minimum atomic E-state index is -0.395. The van der Waals surface area contributed by atoms with Gasteiger partial charge in [-0.25, -0.2) is 4.79 Å². The van der Waals surface area contributed by atoms with E-state index in [1.165, 1.54) is 5.56 Å². The summed E-state index contributed by atoms with van der Waals surface area (Å²) in [4.78, 5) is 14.0. The summed E-state index contributed by atoms with van der Waals surface area (Å²) in [5.74, 6) is -0.261. The van der Waals surface area contributed by atoms with Crippen molar-refractivity contribution in [2.45, 2.75) is 39.3 Å². The van der Waals surface area contributed by atoms with Crippen molar-refractivity contribution in [3.8, 4) is 0 Å². The molecule has 0 unspecified atom stereocenters. The summed E-state index contributed by atoms with van der Waals surface area (Å²) >= 11 is 0. The summed E-state index contributed by atoms with van der Waals surface area (Å²) in [6.07, 6.45) is 0.516. The van der Waals surface area contributed by atoms with Gasteiger partial charge in [0.05, 0.1) is 18.7 Å². The van der Waals surface area contributed by atoms with Gasteiger partial charge in [0.25, 0.3) is 0 Å². The van der Waals surface area contributed by atoms with Crippen LogP contribution in [0.2, 0.25) is 0 Å². The summed E-state index contributed by atoms with van der Waals surface area (Å²) in [5, 5.41) is 10.2. The van der Waals surface area contributed by atoms with Crippen molar-refractivity contribution in [3.05, 3.63) is 47.2 Å². The van der Waals surface area contributed by atoms with Gasteiger partial charge < -0.3 is 9.84 Å². The second-order valence-corrected chi connectivity index (χ2v) is 5.46. The molecule has 0 fully saturated rings. The molecule has 1 N–H and O–H groups in total. The molecule has 0 aromatic heterocycles. The van der Waals surface area contributed by atoms with Crippen molar-refractivity contribution >= 4 is 5.97 Å². The van der Waals surface area contributed by atoms with E-state index in [0.29, 0.717) is 25.1 Å². The average Bonchev–Trinajstić information content (AvgIpc) is 2.49. The molecular formula is C17H23NO3. The molecule has 1 aliphatic rings. The van der Waals surface area contributed by atoms with Crippen LogP contribution >= 0.6 is 0 Å². The molecule has 21 heavy (non-hydrogen) atoms. The zero-order valence-electron chi connectivity index (χ0n) is 12.9. The topological polar surface area (TPSA) is 49.8 Å². The predicted molar refractivity (Wildman–Crippen MR) is 81.9 cm³/mol. The van der Waals surface area contributed by atoms with Crippen LogP contribution in [0.4, 0.5) is 0 Å². The number of benzene rings is 1. The van der Waals surface area contributed by atoms with Crippen LogP contribution in [0.15, 0.2) is 41.7 Å². The number of hydrogen-bond acceptors (Lipinski definition) is 4. The maximum atomic E-state index is 11.8. The van der Waals surface area contributed by atoms with E-state index in [0.717, 1.165) is 0 Å². The quantitative estimate of drug-likeness (QED) is 0.865. The molecule has 114 valence electrons. The third-order valence-corrected chi connectivity index (χ3v) is 4.05. The van der Waals surface area contributed by atoms with Crippen molar-refractivity contribution in [3.63, 3.8) is 0 Å². The molecule has 4 heteroatoms. The molecule has 1 aromatic rings. The molecule has 1 heterocycles. The van der Waals surface area contributed by atoms with E-state index in [1.54, 1.807) is 6.92 Å². The van der Waals surface area contributed by atoms with Gasteiger partial charge in [-0.1, -0.05) is 30.3 Å². The smallest absolute Gasteiger partial charge is 0.337 e. The summed E-state index contributed by atoms with van der Waals surface area (Å²) in [7, 11) is 0. The number of esters is 1. The van der Waals surface area contributed by atoms with Crippen molar-refractivity contribution in [2.24, 2.45) is 0 Å². The van der Waals surface area contributed by atoms with Crippen LogP contribution in [0.3, 0.4) is 0 Å². The minimum Gasteiger partial charge on any atom is -0.510 e. The Kier molecular flexibility index (Phi) is 5.02. The molecule has 0 spiro atoms. The molecule has 0 amide bonds. The maximum Gasteiger partial charge on any atom is 0.337 e. The molecule has 1 aromatic carbocycles. The van der Waals surface area contributed by atoms with E-state index < -0.39 is 5.97 Å². The second kappa shape index (κ2) is 6.76. The highest BCUT2D eigenvalue weighted by atomic mass is 16.5. The van der Waals surface area contributed by atoms with E-state index in [9.17, 15) is 9.90 Å². The number of ether oxygens (including phenoxy) is 1. The van der Waals surface area contributed by atoms with Crippen molar-refractivity contribution in [1.29, 1.82) is 0 Å². The Balaban J connectivity index is 2.17. The van der Waals surface area contributed by atoms with E-state index >= 15 is 0 Å². The van der Waals surface area contributed by atoms with Gasteiger partial charge >= 0.3 is 5.97 Å². The van der Waals surface area contributed by atoms with Gasteiger partial charge in [-0.05, 0) is 32.8 Å². The monoisotopic (exact) mass is 289 g/mol. The van der Waals surface area contributed by atoms with Crippen LogP contribution in [-0.4, -0.2) is 35.2 Å². The number of nitrogens with zero attached hydrogens (tertiary/aromatic N) is 1. The first-order valence-corrected chi connectivity index (χ1v) is 7.43. The number of carbonyl (C=O) groups is 1. The SMILES string of the molecule is CCOC(=O)C1=C(O)CN([C@@H](C)c2ccccc2)[C@@H](C)C1. The Morgan fingerprint density at radius 2 is 2.10 bits per heavy atom. The molecule has 0 saturated carbocycles. The lowest BCUT2D eigenvalue weighted by molar-refractivity contribution is -0.139. The minimum absolute atomic E-state index is 0.134. The normalized spacial score (nSPS) is 21.2. The van der Waals surface area contributed by atoms with E-state index in [-0.39, 0.29) is 17.8 Å². The van der Waals surface area contributed by atoms with Crippen LogP contribution in [-0.2, 0) is 9.53 Å². The second-order valence-electron chi connectivity index (χ2n) is 5.46. The zero-order chi connectivity index (χ0) is 15.4. The standard InChI is InChI=1S/C17H23NO3/c1-4-21-17(20)15-10-12(2)18(11-16(15)19)13(3)14-8-6-5-7-9-14/h5-9,12-13,19H,4,10-11H2,1-3H3/t12-,13-/m0/s1. The molecule has 2 rings (SSSR count). The van der Waals surface area contributed by atoms with Gasteiger partial charge in [0.2, 0.25) is 0 Å². The number of carbonyl (C=O) groups excluding carboxylic acids is 1. The number of aliphatic hydroxyl groups excluding tert-OH is 1. The Hall–Kier alpha value is -1.81. The molecule has 0 bridgehead atoms. The first-order valence-electron chi connectivity index (χ1n) is 7.43. The lowest BCUT2D eigenvalue weighted by Gasteiger charge is -2.38. The van der Waals surface area contributed by atoms with E-state index in [2.05, 4.69) is 30.9 Å². The van der Waals surface area contributed by atoms with Crippen LogP contribution < -0.4 is 0 Å².